The van der Waals surface area contributed by atoms with Crippen molar-refractivity contribution < 1.29 is 23.5 Å². The monoisotopic (exact) mass is 507 g/mol. The highest BCUT2D eigenvalue weighted by Gasteiger charge is 2.34. The number of rotatable bonds is 8. The molecule has 0 aliphatic carbocycles. The summed E-state index contributed by atoms with van der Waals surface area (Å²) in [6.07, 6.45) is 0. The van der Waals surface area contributed by atoms with Gasteiger partial charge in [-0.2, -0.15) is 5.10 Å². The van der Waals surface area contributed by atoms with Crippen molar-refractivity contribution in [3.63, 3.8) is 0 Å². The quantitative estimate of drug-likeness (QED) is 0.334. The minimum Gasteiger partial charge on any atom is -0.443 e. The second-order valence-corrected chi connectivity index (χ2v) is 9.86. The number of aromatic nitrogens is 3. The van der Waals surface area contributed by atoms with Gasteiger partial charge in [-0.05, 0) is 36.1 Å². The molecule has 194 valence electrons. The van der Waals surface area contributed by atoms with Crippen molar-refractivity contribution in [2.75, 3.05) is 13.2 Å². The van der Waals surface area contributed by atoms with Crippen LogP contribution in [0.4, 0.5) is 4.39 Å². The highest BCUT2D eigenvalue weighted by Crippen LogP contribution is 2.34. The van der Waals surface area contributed by atoms with E-state index < -0.39 is 23.3 Å². The fourth-order valence-corrected chi connectivity index (χ4v) is 4.03. The van der Waals surface area contributed by atoms with Gasteiger partial charge in [-0.15, -0.1) is 0 Å². The molecule has 0 fully saturated rings. The van der Waals surface area contributed by atoms with Crippen LogP contribution in [0, 0.1) is 18.2 Å². The van der Waals surface area contributed by atoms with Gasteiger partial charge in [0.1, 0.15) is 17.6 Å². The smallest absolute Gasteiger partial charge is 0.273 e. The highest BCUT2D eigenvalue weighted by molar-refractivity contribution is 6.05. The Bertz CT molecular complexity index is 1420. The molecule has 2 amide bonds. The number of carbonyl (C=O) groups excluding carboxylic acids is 2. The summed E-state index contributed by atoms with van der Waals surface area (Å²) in [5, 5.41) is 19.8. The fourth-order valence-electron chi connectivity index (χ4n) is 4.03. The number of aliphatic hydroxyl groups is 1. The zero-order valence-electron chi connectivity index (χ0n) is 21.2. The summed E-state index contributed by atoms with van der Waals surface area (Å²) in [7, 11) is 0. The molecule has 2 aromatic carbocycles. The predicted molar refractivity (Wildman–Crippen MR) is 136 cm³/mol. The van der Waals surface area contributed by atoms with Gasteiger partial charge in [0.15, 0.2) is 11.4 Å². The summed E-state index contributed by atoms with van der Waals surface area (Å²) in [5.41, 5.74) is 1.42. The number of amides is 2. The molecule has 1 atom stereocenters. The number of carbonyl (C=O) groups is 2. The molecule has 10 heteroatoms. The largest absolute Gasteiger partial charge is 0.443 e. The SMILES string of the molecule is Cc1oc(C(NC(=O)c2nn(Cc3ccc(F)cc3)c3ccccc23)C(C)(C)C)nc1C(=O)NCCO. The Labute approximate surface area is 213 Å². The maximum absolute atomic E-state index is 13.6. The van der Waals surface area contributed by atoms with E-state index in [2.05, 4.69) is 20.7 Å². The minimum absolute atomic E-state index is 0.0908. The number of fused-ring (bicyclic) bond motifs is 1. The number of benzene rings is 2. The molecular formula is C27H30FN5O4. The van der Waals surface area contributed by atoms with Crippen molar-refractivity contribution in [1.29, 1.82) is 0 Å². The zero-order chi connectivity index (χ0) is 26.7. The summed E-state index contributed by atoms with van der Waals surface area (Å²) >= 11 is 0. The lowest BCUT2D eigenvalue weighted by Crippen LogP contribution is -2.37. The van der Waals surface area contributed by atoms with Gasteiger partial charge in [-0.25, -0.2) is 9.37 Å². The van der Waals surface area contributed by atoms with Crippen molar-refractivity contribution in [3.05, 3.63) is 83.0 Å². The topological polar surface area (TPSA) is 122 Å². The first-order valence-corrected chi connectivity index (χ1v) is 12.0. The first-order valence-electron chi connectivity index (χ1n) is 12.0. The average Bonchev–Trinajstić information content (AvgIpc) is 3.42. The first-order chi connectivity index (χ1) is 17.6. The molecule has 1 unspecified atom stereocenters. The predicted octanol–water partition coefficient (Wildman–Crippen LogP) is 3.76. The van der Waals surface area contributed by atoms with Crippen molar-refractivity contribution in [1.82, 2.24) is 25.4 Å². The second-order valence-electron chi connectivity index (χ2n) is 9.86. The van der Waals surface area contributed by atoms with Gasteiger partial charge < -0.3 is 20.2 Å². The van der Waals surface area contributed by atoms with Crippen LogP contribution in [-0.2, 0) is 6.54 Å². The molecule has 0 aliphatic heterocycles. The summed E-state index contributed by atoms with van der Waals surface area (Å²) in [6.45, 7) is 7.65. The summed E-state index contributed by atoms with van der Waals surface area (Å²) < 4.78 is 20.9. The number of aryl methyl sites for hydroxylation is 1. The number of para-hydroxylation sites is 1. The third-order valence-corrected chi connectivity index (χ3v) is 5.93. The molecular weight excluding hydrogens is 477 g/mol. The van der Waals surface area contributed by atoms with E-state index in [9.17, 15) is 14.0 Å². The van der Waals surface area contributed by atoms with E-state index in [1.807, 2.05) is 45.0 Å². The molecule has 0 radical (unpaired) electrons. The van der Waals surface area contributed by atoms with Crippen molar-refractivity contribution in [3.8, 4) is 0 Å². The van der Waals surface area contributed by atoms with Crippen molar-refractivity contribution >= 4 is 22.7 Å². The third-order valence-electron chi connectivity index (χ3n) is 5.93. The van der Waals surface area contributed by atoms with Crippen LogP contribution in [0.5, 0.6) is 0 Å². The standard InChI is InChI=1S/C27H30FN5O4/c1-16-21(24(35)29-13-14-34)30-26(37-16)23(27(2,3)4)31-25(36)22-19-7-5-6-8-20(19)33(32-22)15-17-9-11-18(28)12-10-17/h5-12,23,34H,13-15H2,1-4H3,(H,29,35)(H,31,36). The van der Waals surface area contributed by atoms with Crippen LogP contribution in [0.1, 0.15) is 65.0 Å². The van der Waals surface area contributed by atoms with E-state index >= 15 is 0 Å². The molecule has 0 saturated carbocycles. The van der Waals surface area contributed by atoms with E-state index in [1.165, 1.54) is 12.1 Å². The number of nitrogens with zero attached hydrogens (tertiary/aromatic N) is 3. The average molecular weight is 508 g/mol. The fraction of sp³-hybridized carbons (Fsp3) is 0.333. The van der Waals surface area contributed by atoms with Crippen molar-refractivity contribution in [2.24, 2.45) is 5.41 Å². The second kappa shape index (κ2) is 10.5. The number of oxazole rings is 1. The Kier molecular flexibility index (Phi) is 7.40. The molecule has 3 N–H and O–H groups in total. The van der Waals surface area contributed by atoms with Gasteiger partial charge in [0, 0.05) is 11.9 Å². The third kappa shape index (κ3) is 5.69. The van der Waals surface area contributed by atoms with E-state index in [1.54, 1.807) is 23.7 Å². The Balaban J connectivity index is 1.65. The Morgan fingerprint density at radius 1 is 1.08 bits per heavy atom. The summed E-state index contributed by atoms with van der Waals surface area (Å²) in [6, 6.07) is 12.9. The number of hydrogen-bond donors (Lipinski definition) is 3. The highest BCUT2D eigenvalue weighted by atomic mass is 19.1. The van der Waals surface area contributed by atoms with Crippen LogP contribution in [0.25, 0.3) is 10.9 Å². The number of aliphatic hydroxyl groups excluding tert-OH is 1. The van der Waals surface area contributed by atoms with E-state index in [4.69, 9.17) is 9.52 Å². The Morgan fingerprint density at radius 2 is 1.78 bits per heavy atom. The van der Waals surface area contributed by atoms with Crippen LogP contribution in [0.15, 0.2) is 52.9 Å². The molecule has 37 heavy (non-hydrogen) atoms. The van der Waals surface area contributed by atoms with Crippen LogP contribution >= 0.6 is 0 Å². The van der Waals surface area contributed by atoms with Crippen LogP contribution < -0.4 is 10.6 Å². The molecule has 4 rings (SSSR count). The Hall–Kier alpha value is -4.05. The molecule has 0 aliphatic rings. The van der Waals surface area contributed by atoms with Crippen molar-refractivity contribution in [2.45, 2.75) is 40.3 Å². The van der Waals surface area contributed by atoms with Gasteiger partial charge >= 0.3 is 0 Å². The zero-order valence-corrected chi connectivity index (χ0v) is 21.2. The van der Waals surface area contributed by atoms with Crippen LogP contribution in [-0.4, -0.2) is 44.8 Å². The molecule has 9 nitrogen and oxygen atoms in total. The maximum Gasteiger partial charge on any atom is 0.273 e. The minimum atomic E-state index is -0.667. The van der Waals surface area contributed by atoms with E-state index in [0.29, 0.717) is 17.7 Å². The van der Waals surface area contributed by atoms with E-state index in [0.717, 1.165) is 11.1 Å². The Morgan fingerprint density at radius 3 is 2.46 bits per heavy atom. The van der Waals surface area contributed by atoms with Gasteiger partial charge in [0.25, 0.3) is 11.8 Å². The lowest BCUT2D eigenvalue weighted by atomic mass is 9.86. The van der Waals surface area contributed by atoms with Gasteiger partial charge in [0.05, 0.1) is 18.7 Å². The molecule has 0 saturated heterocycles. The lowest BCUT2D eigenvalue weighted by molar-refractivity contribution is 0.0880. The molecule has 2 heterocycles. The first kappa shape index (κ1) is 26.0. The lowest BCUT2D eigenvalue weighted by Gasteiger charge is -2.28. The number of nitrogens with one attached hydrogen (secondary N) is 2. The van der Waals surface area contributed by atoms with Gasteiger partial charge in [-0.1, -0.05) is 51.1 Å². The number of halogens is 1. The molecule has 2 aromatic heterocycles. The molecule has 0 bridgehead atoms. The number of hydrogen-bond acceptors (Lipinski definition) is 6. The van der Waals surface area contributed by atoms with Crippen LogP contribution in [0.2, 0.25) is 0 Å². The van der Waals surface area contributed by atoms with Gasteiger partial charge in [-0.3, -0.25) is 14.3 Å². The summed E-state index contributed by atoms with van der Waals surface area (Å²) in [5.74, 6) is -0.703. The molecule has 0 spiro atoms. The molecule has 4 aromatic rings. The summed E-state index contributed by atoms with van der Waals surface area (Å²) in [4.78, 5) is 30.3. The van der Waals surface area contributed by atoms with E-state index in [-0.39, 0.29) is 36.2 Å². The van der Waals surface area contributed by atoms with Gasteiger partial charge in [0.2, 0.25) is 5.89 Å². The maximum atomic E-state index is 13.6. The normalized spacial score (nSPS) is 12.5. The van der Waals surface area contributed by atoms with Crippen LogP contribution in [0.3, 0.4) is 0 Å².